The third-order valence-electron chi connectivity index (χ3n) is 2.95. The number of hydrogen-bond donors (Lipinski definition) is 3. The van der Waals surface area contributed by atoms with Crippen LogP contribution in [0, 0.1) is 5.92 Å². The second-order valence-corrected chi connectivity index (χ2v) is 4.56. The molecule has 1 atom stereocenters. The molecule has 96 valence electrons. The van der Waals surface area contributed by atoms with Gasteiger partial charge in [-0.2, -0.15) is 0 Å². The molecular formula is C10H18N4O3. The molecule has 0 aromatic carbocycles. The Morgan fingerprint density at radius 2 is 2.18 bits per heavy atom. The summed E-state index contributed by atoms with van der Waals surface area (Å²) in [5.74, 6) is -1.16. The lowest BCUT2D eigenvalue weighted by atomic mass is 9.92. The monoisotopic (exact) mass is 242 g/mol. The molecule has 0 radical (unpaired) electrons. The van der Waals surface area contributed by atoms with E-state index >= 15 is 0 Å². The SMILES string of the molecule is CC(C)C(C)(O)Cn1nnc(C(=O)O)c1CN. The van der Waals surface area contributed by atoms with Gasteiger partial charge in [-0.25, -0.2) is 9.48 Å². The molecule has 1 unspecified atom stereocenters. The van der Waals surface area contributed by atoms with Crippen molar-refractivity contribution in [3.05, 3.63) is 11.4 Å². The summed E-state index contributed by atoms with van der Waals surface area (Å²) in [7, 11) is 0. The van der Waals surface area contributed by atoms with Gasteiger partial charge in [0.25, 0.3) is 0 Å². The second kappa shape index (κ2) is 4.80. The molecule has 0 bridgehead atoms. The highest BCUT2D eigenvalue weighted by Gasteiger charge is 2.28. The first-order valence-electron chi connectivity index (χ1n) is 5.37. The highest BCUT2D eigenvalue weighted by molar-refractivity contribution is 5.86. The van der Waals surface area contributed by atoms with E-state index in [1.807, 2.05) is 13.8 Å². The molecule has 17 heavy (non-hydrogen) atoms. The van der Waals surface area contributed by atoms with Crippen LogP contribution in [0.2, 0.25) is 0 Å². The van der Waals surface area contributed by atoms with Crippen LogP contribution in [0.25, 0.3) is 0 Å². The normalized spacial score (nSPS) is 14.9. The predicted molar refractivity (Wildman–Crippen MR) is 60.3 cm³/mol. The van der Waals surface area contributed by atoms with Gasteiger partial charge in [0.15, 0.2) is 5.69 Å². The van der Waals surface area contributed by atoms with Crippen molar-refractivity contribution in [2.45, 2.75) is 39.5 Å². The molecule has 1 heterocycles. The molecular weight excluding hydrogens is 224 g/mol. The number of nitrogens with zero attached hydrogens (tertiary/aromatic N) is 3. The summed E-state index contributed by atoms with van der Waals surface area (Å²) in [6, 6.07) is 0. The molecule has 0 aliphatic rings. The van der Waals surface area contributed by atoms with Crippen molar-refractivity contribution in [3.63, 3.8) is 0 Å². The van der Waals surface area contributed by atoms with Gasteiger partial charge in [-0.05, 0) is 12.8 Å². The first kappa shape index (κ1) is 13.6. The topological polar surface area (TPSA) is 114 Å². The van der Waals surface area contributed by atoms with Crippen molar-refractivity contribution in [1.82, 2.24) is 15.0 Å². The summed E-state index contributed by atoms with van der Waals surface area (Å²) in [5, 5.41) is 26.3. The molecule has 1 aromatic heterocycles. The number of carbonyl (C=O) groups is 1. The average Bonchev–Trinajstić information content (AvgIpc) is 2.59. The Bertz CT molecular complexity index is 412. The molecule has 0 saturated carbocycles. The van der Waals surface area contributed by atoms with E-state index in [0.29, 0.717) is 5.69 Å². The largest absolute Gasteiger partial charge is 0.476 e. The fourth-order valence-electron chi connectivity index (χ4n) is 1.31. The van der Waals surface area contributed by atoms with Crippen LogP contribution in [0.15, 0.2) is 0 Å². The standard InChI is InChI=1S/C10H18N4O3/c1-6(2)10(3,17)5-14-7(4-11)8(9(15)16)12-13-14/h6,17H,4-5,11H2,1-3H3,(H,15,16). The van der Waals surface area contributed by atoms with E-state index in [0.717, 1.165) is 0 Å². The highest BCUT2D eigenvalue weighted by Crippen LogP contribution is 2.19. The van der Waals surface area contributed by atoms with Crippen molar-refractivity contribution >= 4 is 5.97 Å². The van der Waals surface area contributed by atoms with Gasteiger partial charge in [0, 0.05) is 6.54 Å². The van der Waals surface area contributed by atoms with Gasteiger partial charge in [0.05, 0.1) is 17.8 Å². The van der Waals surface area contributed by atoms with Crippen molar-refractivity contribution in [2.24, 2.45) is 11.7 Å². The van der Waals surface area contributed by atoms with E-state index in [-0.39, 0.29) is 24.7 Å². The second-order valence-electron chi connectivity index (χ2n) is 4.56. The van der Waals surface area contributed by atoms with E-state index < -0.39 is 11.6 Å². The van der Waals surface area contributed by atoms with Gasteiger partial charge >= 0.3 is 5.97 Å². The maximum Gasteiger partial charge on any atom is 0.358 e. The number of rotatable bonds is 5. The van der Waals surface area contributed by atoms with Crippen LogP contribution in [0.3, 0.4) is 0 Å². The van der Waals surface area contributed by atoms with Gasteiger partial charge in [-0.15, -0.1) is 5.10 Å². The van der Waals surface area contributed by atoms with Crippen LogP contribution in [-0.2, 0) is 13.1 Å². The molecule has 0 fully saturated rings. The van der Waals surface area contributed by atoms with Crippen LogP contribution >= 0.6 is 0 Å². The van der Waals surface area contributed by atoms with Crippen molar-refractivity contribution in [2.75, 3.05) is 0 Å². The number of carboxylic acids is 1. The Kier molecular flexibility index (Phi) is 3.84. The first-order chi connectivity index (χ1) is 7.79. The number of nitrogens with two attached hydrogens (primary N) is 1. The van der Waals surface area contributed by atoms with Crippen molar-refractivity contribution < 1.29 is 15.0 Å². The minimum atomic E-state index is -1.17. The number of aromatic carboxylic acids is 1. The van der Waals surface area contributed by atoms with E-state index in [1.165, 1.54) is 4.68 Å². The van der Waals surface area contributed by atoms with E-state index in [9.17, 15) is 9.90 Å². The lowest BCUT2D eigenvalue weighted by Crippen LogP contribution is -2.37. The van der Waals surface area contributed by atoms with Crippen LogP contribution in [0.5, 0.6) is 0 Å². The zero-order valence-corrected chi connectivity index (χ0v) is 10.2. The summed E-state index contributed by atoms with van der Waals surface area (Å²) in [6.45, 7) is 5.59. The van der Waals surface area contributed by atoms with Gasteiger partial charge < -0.3 is 15.9 Å². The molecule has 0 amide bonds. The van der Waals surface area contributed by atoms with E-state index in [4.69, 9.17) is 10.8 Å². The van der Waals surface area contributed by atoms with Gasteiger partial charge in [0.1, 0.15) is 0 Å². The fraction of sp³-hybridized carbons (Fsp3) is 0.700. The van der Waals surface area contributed by atoms with E-state index in [2.05, 4.69) is 10.3 Å². The van der Waals surface area contributed by atoms with Crippen molar-refractivity contribution in [1.29, 1.82) is 0 Å². The average molecular weight is 242 g/mol. The Morgan fingerprint density at radius 1 is 1.59 bits per heavy atom. The Hall–Kier alpha value is -1.47. The van der Waals surface area contributed by atoms with Gasteiger partial charge in [-0.3, -0.25) is 0 Å². The summed E-state index contributed by atoms with van der Waals surface area (Å²) in [4.78, 5) is 10.9. The third kappa shape index (κ3) is 2.80. The Morgan fingerprint density at radius 3 is 2.59 bits per heavy atom. The fourth-order valence-corrected chi connectivity index (χ4v) is 1.31. The number of aromatic nitrogens is 3. The van der Waals surface area contributed by atoms with Crippen LogP contribution in [0.4, 0.5) is 0 Å². The minimum absolute atomic E-state index is 0.00519. The Labute approximate surface area is 99.2 Å². The maximum absolute atomic E-state index is 10.9. The van der Waals surface area contributed by atoms with Crippen LogP contribution in [0.1, 0.15) is 37.0 Å². The molecule has 0 spiro atoms. The number of aliphatic hydroxyl groups is 1. The van der Waals surface area contributed by atoms with Gasteiger partial charge in [0.2, 0.25) is 0 Å². The molecule has 1 aromatic rings. The maximum atomic E-state index is 10.9. The molecule has 0 aliphatic carbocycles. The Balaban J connectivity index is 3.04. The molecule has 7 heteroatoms. The summed E-state index contributed by atoms with van der Waals surface area (Å²) >= 11 is 0. The van der Waals surface area contributed by atoms with Crippen molar-refractivity contribution in [3.8, 4) is 0 Å². The van der Waals surface area contributed by atoms with E-state index in [1.54, 1.807) is 6.92 Å². The molecule has 0 aliphatic heterocycles. The molecule has 7 nitrogen and oxygen atoms in total. The van der Waals surface area contributed by atoms with Crippen LogP contribution < -0.4 is 5.73 Å². The first-order valence-corrected chi connectivity index (χ1v) is 5.37. The summed E-state index contributed by atoms with van der Waals surface area (Å²) in [5.41, 5.74) is 4.65. The zero-order valence-electron chi connectivity index (χ0n) is 10.2. The summed E-state index contributed by atoms with van der Waals surface area (Å²) in [6.07, 6.45) is 0. The minimum Gasteiger partial charge on any atom is -0.476 e. The number of hydrogen-bond acceptors (Lipinski definition) is 5. The quantitative estimate of drug-likeness (QED) is 0.661. The predicted octanol–water partition coefficient (Wildman–Crippen LogP) is -0.158. The zero-order chi connectivity index (χ0) is 13.2. The summed E-state index contributed by atoms with van der Waals surface area (Å²) < 4.78 is 1.35. The van der Waals surface area contributed by atoms with Gasteiger partial charge in [-0.1, -0.05) is 19.1 Å². The lowest BCUT2D eigenvalue weighted by Gasteiger charge is -2.27. The number of carboxylic acid groups (broad SMARTS) is 1. The molecule has 1 rings (SSSR count). The van der Waals surface area contributed by atoms with Crippen LogP contribution in [-0.4, -0.2) is 36.8 Å². The lowest BCUT2D eigenvalue weighted by molar-refractivity contribution is -0.00682. The highest BCUT2D eigenvalue weighted by atomic mass is 16.4. The molecule has 0 saturated heterocycles. The smallest absolute Gasteiger partial charge is 0.358 e. The molecule has 4 N–H and O–H groups in total. The third-order valence-corrected chi connectivity index (χ3v) is 2.95.